The van der Waals surface area contributed by atoms with Gasteiger partial charge in [0.15, 0.2) is 0 Å². The van der Waals surface area contributed by atoms with Gasteiger partial charge < -0.3 is 10.1 Å². The average molecular weight is 459 g/mol. The molecule has 31 heavy (non-hydrogen) atoms. The maximum Gasteiger partial charge on any atom is 0.247 e. The van der Waals surface area contributed by atoms with Gasteiger partial charge >= 0.3 is 0 Å². The summed E-state index contributed by atoms with van der Waals surface area (Å²) >= 11 is 5.98. The van der Waals surface area contributed by atoms with Crippen molar-refractivity contribution >= 4 is 27.5 Å². The predicted octanol–water partition coefficient (Wildman–Crippen LogP) is 3.87. The van der Waals surface area contributed by atoms with Crippen LogP contribution in [0.25, 0.3) is 0 Å². The summed E-state index contributed by atoms with van der Waals surface area (Å²) in [6, 6.07) is 22.9. The number of hydrogen-bond acceptors (Lipinski definition) is 4. The van der Waals surface area contributed by atoms with Crippen LogP contribution in [0.5, 0.6) is 5.75 Å². The van der Waals surface area contributed by atoms with Gasteiger partial charge in [-0.3, -0.25) is 4.79 Å². The number of benzene rings is 3. The number of carbonyl (C=O) groups is 1. The fourth-order valence-electron chi connectivity index (χ4n) is 3.16. The number of methoxy groups -OCH3 is 1. The number of amides is 1. The van der Waals surface area contributed by atoms with Crippen molar-refractivity contribution in [1.82, 2.24) is 9.62 Å². The largest absolute Gasteiger partial charge is 0.495 e. The Bertz CT molecular complexity index is 1100. The summed E-state index contributed by atoms with van der Waals surface area (Å²) < 4.78 is 32.2. The van der Waals surface area contributed by atoms with E-state index in [2.05, 4.69) is 5.32 Å². The summed E-state index contributed by atoms with van der Waals surface area (Å²) in [5, 5.41) is 3.20. The zero-order valence-corrected chi connectivity index (χ0v) is 18.7. The molecule has 0 saturated heterocycles. The van der Waals surface area contributed by atoms with E-state index in [4.69, 9.17) is 16.3 Å². The van der Waals surface area contributed by atoms with E-state index >= 15 is 0 Å². The molecule has 0 bridgehead atoms. The van der Waals surface area contributed by atoms with Gasteiger partial charge in [0, 0.05) is 12.1 Å². The first-order valence-electron chi connectivity index (χ1n) is 9.52. The lowest BCUT2D eigenvalue weighted by atomic mass is 9.99. The van der Waals surface area contributed by atoms with Gasteiger partial charge in [-0.05, 0) is 29.3 Å². The van der Waals surface area contributed by atoms with E-state index in [-0.39, 0.29) is 22.2 Å². The van der Waals surface area contributed by atoms with Crippen LogP contribution in [0.1, 0.15) is 17.2 Å². The molecule has 0 aliphatic carbocycles. The van der Waals surface area contributed by atoms with E-state index in [9.17, 15) is 13.2 Å². The lowest BCUT2D eigenvalue weighted by molar-refractivity contribution is -0.121. The molecular formula is C23H23ClN2O4S. The minimum Gasteiger partial charge on any atom is -0.495 e. The fraction of sp³-hybridized carbons (Fsp3) is 0.174. The number of nitrogens with one attached hydrogen (secondary N) is 1. The molecule has 3 rings (SSSR count). The van der Waals surface area contributed by atoms with E-state index in [0.717, 1.165) is 15.4 Å². The number of rotatable bonds is 8. The van der Waals surface area contributed by atoms with Crippen LogP contribution in [0.4, 0.5) is 0 Å². The minimum absolute atomic E-state index is 0.0968. The van der Waals surface area contributed by atoms with E-state index in [1.807, 2.05) is 60.7 Å². The van der Waals surface area contributed by atoms with Crippen LogP contribution >= 0.6 is 11.6 Å². The molecule has 0 radical (unpaired) electrons. The summed E-state index contributed by atoms with van der Waals surface area (Å²) in [4.78, 5) is 12.7. The van der Waals surface area contributed by atoms with Crippen molar-refractivity contribution in [3.05, 3.63) is 95.0 Å². The minimum atomic E-state index is -4.00. The van der Waals surface area contributed by atoms with Crippen LogP contribution in [0.3, 0.4) is 0 Å². The van der Waals surface area contributed by atoms with Crippen LogP contribution < -0.4 is 10.1 Å². The molecule has 6 nitrogen and oxygen atoms in total. The van der Waals surface area contributed by atoms with E-state index in [0.29, 0.717) is 0 Å². The summed E-state index contributed by atoms with van der Waals surface area (Å²) in [7, 11) is -1.28. The number of likely N-dealkylation sites (N-methyl/N-ethyl adjacent to an activating group) is 1. The van der Waals surface area contributed by atoms with Crippen molar-refractivity contribution in [2.45, 2.75) is 10.9 Å². The van der Waals surface area contributed by atoms with Gasteiger partial charge in [-0.2, -0.15) is 4.31 Å². The van der Waals surface area contributed by atoms with Crippen LogP contribution in [0.2, 0.25) is 5.02 Å². The van der Waals surface area contributed by atoms with Crippen LogP contribution in [0.15, 0.2) is 83.8 Å². The van der Waals surface area contributed by atoms with Crippen molar-refractivity contribution in [3.63, 3.8) is 0 Å². The molecule has 0 heterocycles. The molecule has 0 atom stereocenters. The van der Waals surface area contributed by atoms with Gasteiger partial charge in [0.05, 0.1) is 19.7 Å². The Labute approximate surface area is 187 Å². The van der Waals surface area contributed by atoms with Crippen molar-refractivity contribution < 1.29 is 17.9 Å². The molecule has 0 fully saturated rings. The van der Waals surface area contributed by atoms with Crippen molar-refractivity contribution in [2.75, 3.05) is 20.7 Å². The third-order valence-electron chi connectivity index (χ3n) is 4.75. The molecule has 8 heteroatoms. The van der Waals surface area contributed by atoms with Crippen molar-refractivity contribution in [1.29, 1.82) is 0 Å². The lowest BCUT2D eigenvalue weighted by Crippen LogP contribution is -2.40. The van der Waals surface area contributed by atoms with E-state index in [1.165, 1.54) is 32.4 Å². The van der Waals surface area contributed by atoms with Crippen LogP contribution in [-0.2, 0) is 14.8 Å². The third-order valence-corrected chi connectivity index (χ3v) is 6.81. The highest BCUT2D eigenvalue weighted by molar-refractivity contribution is 7.89. The van der Waals surface area contributed by atoms with Gasteiger partial charge in [0.2, 0.25) is 15.9 Å². The first kappa shape index (κ1) is 22.8. The zero-order valence-electron chi connectivity index (χ0n) is 17.2. The maximum absolute atomic E-state index is 13.0. The van der Waals surface area contributed by atoms with Crippen LogP contribution in [-0.4, -0.2) is 39.3 Å². The highest BCUT2D eigenvalue weighted by atomic mass is 35.5. The van der Waals surface area contributed by atoms with Gasteiger partial charge in [-0.15, -0.1) is 0 Å². The Morgan fingerprint density at radius 2 is 1.55 bits per heavy atom. The summed E-state index contributed by atoms with van der Waals surface area (Å²) in [6.07, 6.45) is 0. The highest BCUT2D eigenvalue weighted by Gasteiger charge is 2.28. The summed E-state index contributed by atoms with van der Waals surface area (Å²) in [5.74, 6) is -0.284. The number of ether oxygens (including phenoxy) is 1. The standard InChI is InChI=1S/C23H23ClN2O4S/c1-26(31(28,29)21-15-19(24)13-14-20(21)30-2)16-22(27)25-23(17-9-5-3-6-10-17)18-11-7-4-8-12-18/h3-15,23H,16H2,1-2H3,(H,25,27). The van der Waals surface area contributed by atoms with Gasteiger partial charge in [0.1, 0.15) is 10.6 Å². The monoisotopic (exact) mass is 458 g/mol. The van der Waals surface area contributed by atoms with Crippen LogP contribution in [0, 0.1) is 0 Å². The molecule has 0 aliphatic rings. The second kappa shape index (κ2) is 9.96. The number of halogens is 1. The molecule has 0 unspecified atom stereocenters. The number of nitrogens with zero attached hydrogens (tertiary/aromatic N) is 1. The molecular weight excluding hydrogens is 436 g/mol. The van der Waals surface area contributed by atoms with Gasteiger partial charge in [-0.25, -0.2) is 8.42 Å². The molecule has 1 amide bonds. The smallest absolute Gasteiger partial charge is 0.247 e. The predicted molar refractivity (Wildman–Crippen MR) is 121 cm³/mol. The molecule has 0 aromatic heterocycles. The maximum atomic E-state index is 13.0. The molecule has 0 saturated carbocycles. The third kappa shape index (κ3) is 5.44. The topological polar surface area (TPSA) is 75.7 Å². The zero-order chi connectivity index (χ0) is 22.4. The Morgan fingerprint density at radius 3 is 2.06 bits per heavy atom. The summed E-state index contributed by atoms with van der Waals surface area (Å²) in [6.45, 7) is -0.367. The fourth-order valence-corrected chi connectivity index (χ4v) is 4.71. The molecule has 0 spiro atoms. The molecule has 3 aromatic carbocycles. The quantitative estimate of drug-likeness (QED) is 0.556. The average Bonchev–Trinajstić information content (AvgIpc) is 2.78. The van der Waals surface area contributed by atoms with Gasteiger partial charge in [0.25, 0.3) is 0 Å². The first-order chi connectivity index (χ1) is 14.8. The van der Waals surface area contributed by atoms with E-state index in [1.54, 1.807) is 0 Å². The summed E-state index contributed by atoms with van der Waals surface area (Å²) in [5.41, 5.74) is 1.79. The SMILES string of the molecule is COc1ccc(Cl)cc1S(=O)(=O)N(C)CC(=O)NC(c1ccccc1)c1ccccc1. The normalized spacial score (nSPS) is 11.5. The Hall–Kier alpha value is -2.87. The van der Waals surface area contributed by atoms with E-state index < -0.39 is 22.0 Å². The van der Waals surface area contributed by atoms with Gasteiger partial charge in [-0.1, -0.05) is 72.3 Å². The number of hydrogen-bond donors (Lipinski definition) is 1. The lowest BCUT2D eigenvalue weighted by Gasteiger charge is -2.23. The Kier molecular flexibility index (Phi) is 7.33. The van der Waals surface area contributed by atoms with Crippen molar-refractivity contribution in [3.8, 4) is 5.75 Å². The van der Waals surface area contributed by atoms with Crippen molar-refractivity contribution in [2.24, 2.45) is 0 Å². The first-order valence-corrected chi connectivity index (χ1v) is 11.3. The number of carbonyl (C=O) groups excluding carboxylic acids is 1. The Balaban J connectivity index is 1.82. The molecule has 1 N–H and O–H groups in total. The molecule has 3 aromatic rings. The molecule has 0 aliphatic heterocycles. The molecule has 162 valence electrons. The number of sulfonamides is 1. The Morgan fingerprint density at radius 1 is 1.00 bits per heavy atom. The second-order valence-corrected chi connectivity index (χ2v) is 9.33. The highest BCUT2D eigenvalue weighted by Crippen LogP contribution is 2.29. The second-order valence-electron chi connectivity index (χ2n) is 6.88.